The summed E-state index contributed by atoms with van der Waals surface area (Å²) < 4.78 is 14.8. The minimum atomic E-state index is -0.625. The van der Waals surface area contributed by atoms with Gasteiger partial charge in [0, 0.05) is 12.1 Å². The summed E-state index contributed by atoms with van der Waals surface area (Å²) in [5.41, 5.74) is 2.57. The monoisotopic (exact) mass is 414 g/mol. The van der Waals surface area contributed by atoms with Crippen molar-refractivity contribution in [3.8, 4) is 5.75 Å². The van der Waals surface area contributed by atoms with E-state index in [-0.39, 0.29) is 29.3 Å². The van der Waals surface area contributed by atoms with Crippen LogP contribution < -0.4 is 10.1 Å². The number of carbonyl (C=O) groups excluding carboxylic acids is 3. The highest BCUT2D eigenvalue weighted by atomic mass is 16.5. The number of likely N-dealkylation sites (N-methyl/N-ethyl adjacent to an activating group) is 1. The lowest BCUT2D eigenvalue weighted by Crippen LogP contribution is -2.30. The van der Waals surface area contributed by atoms with Crippen molar-refractivity contribution in [2.75, 3.05) is 40.2 Å². The second kappa shape index (κ2) is 10.4. The fourth-order valence-corrected chi connectivity index (χ4v) is 2.99. The second-order valence-electron chi connectivity index (χ2n) is 6.78. The first-order valence-corrected chi connectivity index (χ1v) is 9.21. The number of rotatable bonds is 8. The van der Waals surface area contributed by atoms with Crippen LogP contribution >= 0.6 is 0 Å². The van der Waals surface area contributed by atoms with Crippen LogP contribution in [0.3, 0.4) is 0 Å². The molecule has 0 unspecified atom stereocenters. The number of esters is 2. The van der Waals surface area contributed by atoms with Gasteiger partial charge in [0.2, 0.25) is 5.91 Å². The van der Waals surface area contributed by atoms with Crippen molar-refractivity contribution in [1.82, 2.24) is 4.90 Å². The Hall–Kier alpha value is -3.39. The van der Waals surface area contributed by atoms with E-state index in [2.05, 4.69) is 5.32 Å². The van der Waals surface area contributed by atoms with Gasteiger partial charge in [-0.05, 0) is 38.2 Å². The van der Waals surface area contributed by atoms with Crippen LogP contribution in [0.25, 0.3) is 0 Å². The summed E-state index contributed by atoms with van der Waals surface area (Å²) in [5, 5.41) is 2.68. The van der Waals surface area contributed by atoms with E-state index >= 15 is 0 Å². The minimum absolute atomic E-state index is 0.0557. The topological polar surface area (TPSA) is 94.2 Å². The van der Waals surface area contributed by atoms with Crippen molar-refractivity contribution in [1.29, 1.82) is 0 Å². The highest BCUT2D eigenvalue weighted by Gasteiger charge is 2.18. The largest absolute Gasteiger partial charge is 0.496 e. The first kappa shape index (κ1) is 22.9. The molecule has 2 aromatic rings. The van der Waals surface area contributed by atoms with Crippen molar-refractivity contribution >= 4 is 23.5 Å². The predicted octanol–water partition coefficient (Wildman–Crippen LogP) is 2.65. The summed E-state index contributed by atoms with van der Waals surface area (Å²) in [6, 6.07) is 10.1. The van der Waals surface area contributed by atoms with E-state index in [1.807, 2.05) is 30.0 Å². The van der Waals surface area contributed by atoms with Gasteiger partial charge in [0.15, 0.2) is 0 Å². The number of amides is 1. The fourth-order valence-electron chi connectivity index (χ4n) is 2.99. The average molecular weight is 414 g/mol. The summed E-state index contributed by atoms with van der Waals surface area (Å²) >= 11 is 0. The summed E-state index contributed by atoms with van der Waals surface area (Å²) in [6.07, 6.45) is 0. The number of benzene rings is 2. The van der Waals surface area contributed by atoms with Gasteiger partial charge < -0.3 is 19.5 Å². The Morgan fingerprint density at radius 2 is 1.67 bits per heavy atom. The Bertz CT molecular complexity index is 941. The van der Waals surface area contributed by atoms with Gasteiger partial charge in [-0.2, -0.15) is 0 Å². The van der Waals surface area contributed by atoms with Crippen molar-refractivity contribution < 1.29 is 28.6 Å². The number of carbonyl (C=O) groups is 3. The van der Waals surface area contributed by atoms with Crippen molar-refractivity contribution in [2.24, 2.45) is 0 Å². The molecule has 0 aromatic heterocycles. The molecule has 1 amide bonds. The van der Waals surface area contributed by atoms with Crippen molar-refractivity contribution in [2.45, 2.75) is 13.5 Å². The first-order chi connectivity index (χ1) is 14.3. The van der Waals surface area contributed by atoms with Gasteiger partial charge in [-0.1, -0.05) is 17.7 Å². The summed E-state index contributed by atoms with van der Waals surface area (Å²) in [7, 11) is 5.89. The Morgan fingerprint density at radius 3 is 2.30 bits per heavy atom. The van der Waals surface area contributed by atoms with Crippen LogP contribution in [0.2, 0.25) is 0 Å². The van der Waals surface area contributed by atoms with Gasteiger partial charge in [-0.3, -0.25) is 9.69 Å². The van der Waals surface area contributed by atoms with E-state index < -0.39 is 11.9 Å². The van der Waals surface area contributed by atoms with E-state index in [9.17, 15) is 14.4 Å². The number of methoxy groups -OCH3 is 3. The number of hydrogen-bond acceptors (Lipinski definition) is 7. The van der Waals surface area contributed by atoms with E-state index in [0.717, 1.165) is 16.9 Å². The van der Waals surface area contributed by atoms with Gasteiger partial charge in [0.25, 0.3) is 0 Å². The molecule has 0 bridgehead atoms. The number of nitrogens with one attached hydrogen (secondary N) is 1. The smallest absolute Gasteiger partial charge is 0.339 e. The maximum absolute atomic E-state index is 12.6. The molecule has 0 aliphatic rings. The van der Waals surface area contributed by atoms with Crippen LogP contribution in [0.1, 0.15) is 31.8 Å². The molecule has 8 heteroatoms. The Balaban J connectivity index is 2.15. The molecule has 0 aliphatic heterocycles. The molecule has 0 saturated carbocycles. The molecule has 0 atom stereocenters. The maximum atomic E-state index is 12.6. The minimum Gasteiger partial charge on any atom is -0.496 e. The quantitative estimate of drug-likeness (QED) is 0.664. The molecule has 1 N–H and O–H groups in total. The number of aryl methyl sites for hydroxylation is 1. The van der Waals surface area contributed by atoms with Crippen LogP contribution in [0.15, 0.2) is 36.4 Å². The van der Waals surface area contributed by atoms with E-state index in [0.29, 0.717) is 6.54 Å². The zero-order valence-electron chi connectivity index (χ0n) is 17.8. The summed E-state index contributed by atoms with van der Waals surface area (Å²) in [4.78, 5) is 38.2. The molecule has 2 aromatic carbocycles. The van der Waals surface area contributed by atoms with E-state index in [1.165, 1.54) is 32.4 Å². The third-order valence-corrected chi connectivity index (χ3v) is 4.41. The number of ether oxygens (including phenoxy) is 3. The maximum Gasteiger partial charge on any atom is 0.339 e. The van der Waals surface area contributed by atoms with Crippen LogP contribution in [-0.4, -0.2) is 57.7 Å². The predicted molar refractivity (Wildman–Crippen MR) is 112 cm³/mol. The Morgan fingerprint density at radius 1 is 0.967 bits per heavy atom. The van der Waals surface area contributed by atoms with Crippen LogP contribution in [0, 0.1) is 6.92 Å². The third-order valence-electron chi connectivity index (χ3n) is 4.41. The lowest BCUT2D eigenvalue weighted by molar-refractivity contribution is -0.117. The van der Waals surface area contributed by atoms with Gasteiger partial charge in [0.05, 0.1) is 44.7 Å². The van der Waals surface area contributed by atoms with E-state index in [1.54, 1.807) is 14.2 Å². The second-order valence-corrected chi connectivity index (χ2v) is 6.78. The highest BCUT2D eigenvalue weighted by Crippen LogP contribution is 2.22. The average Bonchev–Trinajstić information content (AvgIpc) is 2.72. The molecule has 2 rings (SSSR count). The lowest BCUT2D eigenvalue weighted by atomic mass is 10.1. The highest BCUT2D eigenvalue weighted by molar-refractivity contribution is 6.03. The molecule has 0 spiro atoms. The molecular weight excluding hydrogens is 388 g/mol. The third kappa shape index (κ3) is 5.81. The zero-order chi connectivity index (χ0) is 22.3. The standard InChI is InChI=1S/C22H26N2O6/c1-14-6-9-19(28-3)16(10-14)12-24(2)13-20(25)23-18-11-15(21(26)29-4)7-8-17(18)22(27)30-5/h6-11H,12-13H2,1-5H3,(H,23,25). The van der Waals surface area contributed by atoms with Crippen LogP contribution in [-0.2, 0) is 20.8 Å². The van der Waals surface area contributed by atoms with Crippen molar-refractivity contribution in [3.05, 3.63) is 58.7 Å². The molecule has 160 valence electrons. The summed E-state index contributed by atoms with van der Waals surface area (Å²) in [6.45, 7) is 2.53. The normalized spacial score (nSPS) is 10.5. The van der Waals surface area contributed by atoms with E-state index in [4.69, 9.17) is 14.2 Å². The SMILES string of the molecule is COC(=O)c1ccc(C(=O)OC)c(NC(=O)CN(C)Cc2cc(C)ccc2OC)c1. The molecule has 8 nitrogen and oxygen atoms in total. The van der Waals surface area contributed by atoms with Crippen LogP contribution in [0.4, 0.5) is 5.69 Å². The van der Waals surface area contributed by atoms with Crippen molar-refractivity contribution in [3.63, 3.8) is 0 Å². The number of nitrogens with zero attached hydrogens (tertiary/aromatic N) is 1. The first-order valence-electron chi connectivity index (χ1n) is 9.21. The number of hydrogen-bond donors (Lipinski definition) is 1. The van der Waals surface area contributed by atoms with Gasteiger partial charge in [-0.15, -0.1) is 0 Å². The Kier molecular flexibility index (Phi) is 7.94. The molecule has 0 heterocycles. The zero-order valence-corrected chi connectivity index (χ0v) is 17.8. The van der Waals surface area contributed by atoms with Gasteiger partial charge >= 0.3 is 11.9 Å². The molecule has 30 heavy (non-hydrogen) atoms. The summed E-state index contributed by atoms with van der Waals surface area (Å²) in [5.74, 6) is -0.812. The Labute approximate surface area is 175 Å². The van der Waals surface area contributed by atoms with Gasteiger partial charge in [0.1, 0.15) is 5.75 Å². The lowest BCUT2D eigenvalue weighted by Gasteiger charge is -2.19. The molecule has 0 saturated heterocycles. The number of anilines is 1. The fraction of sp³-hybridized carbons (Fsp3) is 0.318. The van der Waals surface area contributed by atoms with Crippen LogP contribution in [0.5, 0.6) is 5.75 Å². The van der Waals surface area contributed by atoms with Gasteiger partial charge in [-0.25, -0.2) is 9.59 Å². The molecular formula is C22H26N2O6. The molecule has 0 radical (unpaired) electrons. The molecule has 0 fully saturated rings. The molecule has 0 aliphatic carbocycles.